The third-order valence-electron chi connectivity index (χ3n) is 3.78. The van der Waals surface area contributed by atoms with Gasteiger partial charge in [0.1, 0.15) is 5.75 Å². The second-order valence-corrected chi connectivity index (χ2v) is 5.34. The van der Waals surface area contributed by atoms with E-state index >= 15 is 0 Å². The molecule has 1 fully saturated rings. The molecule has 1 saturated carbocycles. The number of hydrogen-bond donors (Lipinski definition) is 2. The van der Waals surface area contributed by atoms with Crippen LogP contribution < -0.4 is 0 Å². The number of aryl methyl sites for hydroxylation is 1. The molecule has 2 aliphatic rings. The van der Waals surface area contributed by atoms with Crippen LogP contribution in [0.5, 0.6) is 5.75 Å². The van der Waals surface area contributed by atoms with Crippen LogP contribution in [-0.4, -0.2) is 10.2 Å². The van der Waals surface area contributed by atoms with Gasteiger partial charge in [-0.2, -0.15) is 0 Å². The third kappa shape index (κ3) is 1.44. The Morgan fingerprint density at radius 2 is 1.88 bits per heavy atom. The Morgan fingerprint density at radius 3 is 2.56 bits per heavy atom. The number of halogens is 1. The van der Waals surface area contributed by atoms with Crippen LogP contribution in [0.4, 0.5) is 0 Å². The number of phenols is 1. The van der Waals surface area contributed by atoms with Crippen LogP contribution >= 0.6 is 11.6 Å². The first-order valence-corrected chi connectivity index (χ1v) is 6.26. The summed E-state index contributed by atoms with van der Waals surface area (Å²) in [6.07, 6.45) is 5.73. The number of phenolic OH excluding ortho intramolecular Hbond substituents is 1. The number of rotatable bonds is 1. The highest BCUT2D eigenvalue weighted by Crippen LogP contribution is 2.51. The van der Waals surface area contributed by atoms with E-state index in [2.05, 4.69) is 0 Å². The molecule has 0 atom stereocenters. The summed E-state index contributed by atoms with van der Waals surface area (Å²) in [6.45, 7) is 0. The van der Waals surface area contributed by atoms with Gasteiger partial charge in [0.15, 0.2) is 0 Å². The summed E-state index contributed by atoms with van der Waals surface area (Å²) in [5, 5.41) is 20.6. The van der Waals surface area contributed by atoms with E-state index in [1.165, 1.54) is 12.0 Å². The van der Waals surface area contributed by atoms with Gasteiger partial charge >= 0.3 is 0 Å². The first-order valence-electron chi connectivity index (χ1n) is 5.88. The van der Waals surface area contributed by atoms with Crippen molar-refractivity contribution >= 4 is 11.6 Å². The van der Waals surface area contributed by atoms with Crippen LogP contribution in [0.3, 0.4) is 0 Å². The molecule has 16 heavy (non-hydrogen) atoms. The Balaban J connectivity index is 2.17. The molecule has 3 rings (SSSR count). The molecule has 86 valence electrons. The highest BCUT2D eigenvalue weighted by atomic mass is 35.5. The molecular weight excluding hydrogens is 224 g/mol. The van der Waals surface area contributed by atoms with Crippen molar-refractivity contribution in [2.45, 2.75) is 44.1 Å². The molecular formula is C13H15ClO2. The van der Waals surface area contributed by atoms with E-state index in [1.54, 1.807) is 0 Å². The van der Waals surface area contributed by atoms with Crippen molar-refractivity contribution in [2.75, 3.05) is 0 Å². The minimum atomic E-state index is -0.805. The molecule has 1 aromatic rings. The molecule has 2 nitrogen and oxygen atoms in total. The smallest absolute Gasteiger partial charge is 0.140 e. The van der Waals surface area contributed by atoms with Gasteiger partial charge in [0, 0.05) is 5.56 Å². The molecule has 0 spiro atoms. The molecule has 0 radical (unpaired) electrons. The van der Waals surface area contributed by atoms with Crippen LogP contribution in [-0.2, 0) is 18.4 Å². The summed E-state index contributed by atoms with van der Waals surface area (Å²) in [4.78, 5) is 0. The number of aromatic hydroxyl groups is 1. The lowest BCUT2D eigenvalue weighted by Crippen LogP contribution is -2.10. The molecule has 0 aliphatic heterocycles. The van der Waals surface area contributed by atoms with Crippen molar-refractivity contribution in [3.05, 3.63) is 27.8 Å². The monoisotopic (exact) mass is 238 g/mol. The average molecular weight is 239 g/mol. The van der Waals surface area contributed by atoms with Gasteiger partial charge in [0.2, 0.25) is 0 Å². The van der Waals surface area contributed by atoms with Gasteiger partial charge in [-0.05, 0) is 55.7 Å². The minimum Gasteiger partial charge on any atom is -0.506 e. The lowest BCUT2D eigenvalue weighted by molar-refractivity contribution is 0.147. The Bertz CT molecular complexity index is 450. The van der Waals surface area contributed by atoms with Crippen molar-refractivity contribution < 1.29 is 10.2 Å². The molecule has 0 saturated heterocycles. The van der Waals surface area contributed by atoms with Gasteiger partial charge in [0.05, 0.1) is 10.6 Å². The average Bonchev–Trinajstić information content (AvgIpc) is 3.03. The molecule has 1 aromatic carbocycles. The fourth-order valence-electron chi connectivity index (χ4n) is 2.58. The Hall–Kier alpha value is -0.730. The fraction of sp³-hybridized carbons (Fsp3) is 0.538. The largest absolute Gasteiger partial charge is 0.506 e. The number of aliphatic hydroxyl groups is 1. The SMILES string of the molecule is Oc1c(C2(O)CC2)cc2c(c1Cl)CCCC2. The van der Waals surface area contributed by atoms with Gasteiger partial charge in [-0.15, -0.1) is 0 Å². The van der Waals surface area contributed by atoms with Crippen molar-refractivity contribution in [1.29, 1.82) is 0 Å². The van der Waals surface area contributed by atoms with E-state index in [1.807, 2.05) is 6.07 Å². The zero-order valence-corrected chi connectivity index (χ0v) is 9.85. The zero-order valence-electron chi connectivity index (χ0n) is 9.09. The normalized spacial score (nSPS) is 21.6. The van der Waals surface area contributed by atoms with Crippen LogP contribution in [0.1, 0.15) is 42.4 Å². The van der Waals surface area contributed by atoms with Crippen LogP contribution in [0.2, 0.25) is 5.02 Å². The second kappa shape index (κ2) is 3.38. The van der Waals surface area contributed by atoms with E-state index in [9.17, 15) is 10.2 Å². The molecule has 3 heteroatoms. The standard InChI is InChI=1S/C13H15ClO2/c14-11-9-4-2-1-3-8(9)7-10(12(11)15)13(16)5-6-13/h7,15-16H,1-6H2. The van der Waals surface area contributed by atoms with Crippen molar-refractivity contribution in [3.8, 4) is 5.75 Å². The quantitative estimate of drug-likeness (QED) is 0.790. The zero-order chi connectivity index (χ0) is 11.3. The predicted octanol–water partition coefficient (Wildman–Crippen LogP) is 2.91. The minimum absolute atomic E-state index is 0.0994. The number of hydrogen-bond acceptors (Lipinski definition) is 2. The second-order valence-electron chi connectivity index (χ2n) is 4.96. The van der Waals surface area contributed by atoms with Gasteiger partial charge in [0.25, 0.3) is 0 Å². The molecule has 0 unspecified atom stereocenters. The maximum atomic E-state index is 10.1. The van der Waals surface area contributed by atoms with E-state index in [4.69, 9.17) is 11.6 Å². The molecule has 0 amide bonds. The highest BCUT2D eigenvalue weighted by Gasteiger charge is 2.45. The van der Waals surface area contributed by atoms with Gasteiger partial charge in [-0.25, -0.2) is 0 Å². The van der Waals surface area contributed by atoms with Crippen LogP contribution in [0.25, 0.3) is 0 Å². The molecule has 0 aromatic heterocycles. The Kier molecular flexibility index (Phi) is 2.20. The van der Waals surface area contributed by atoms with Crippen molar-refractivity contribution in [2.24, 2.45) is 0 Å². The van der Waals surface area contributed by atoms with Crippen molar-refractivity contribution in [1.82, 2.24) is 0 Å². The van der Waals surface area contributed by atoms with Gasteiger partial charge in [-0.1, -0.05) is 11.6 Å². The predicted molar refractivity (Wildman–Crippen MR) is 62.9 cm³/mol. The van der Waals surface area contributed by atoms with E-state index in [-0.39, 0.29) is 5.75 Å². The summed E-state index contributed by atoms with van der Waals surface area (Å²) in [6, 6.07) is 1.96. The molecule has 0 bridgehead atoms. The first-order chi connectivity index (χ1) is 7.62. The molecule has 2 N–H and O–H groups in total. The fourth-order valence-corrected chi connectivity index (χ4v) is 2.90. The van der Waals surface area contributed by atoms with Crippen molar-refractivity contribution in [3.63, 3.8) is 0 Å². The highest BCUT2D eigenvalue weighted by molar-refractivity contribution is 6.33. The maximum absolute atomic E-state index is 10.1. The summed E-state index contributed by atoms with van der Waals surface area (Å²) in [5.74, 6) is 0.0994. The summed E-state index contributed by atoms with van der Waals surface area (Å²) in [5.41, 5.74) is 2.13. The molecule has 2 aliphatic carbocycles. The number of benzene rings is 1. The first kappa shape index (κ1) is 10.4. The summed E-state index contributed by atoms with van der Waals surface area (Å²) < 4.78 is 0. The number of fused-ring (bicyclic) bond motifs is 1. The summed E-state index contributed by atoms with van der Waals surface area (Å²) in [7, 11) is 0. The Morgan fingerprint density at radius 1 is 1.19 bits per heavy atom. The lowest BCUT2D eigenvalue weighted by atomic mass is 9.88. The topological polar surface area (TPSA) is 40.5 Å². The lowest BCUT2D eigenvalue weighted by Gasteiger charge is -2.21. The van der Waals surface area contributed by atoms with E-state index in [0.29, 0.717) is 10.6 Å². The molecule has 0 heterocycles. The third-order valence-corrected chi connectivity index (χ3v) is 4.19. The summed E-state index contributed by atoms with van der Waals surface area (Å²) >= 11 is 6.19. The van der Waals surface area contributed by atoms with Crippen LogP contribution in [0.15, 0.2) is 6.07 Å². The maximum Gasteiger partial charge on any atom is 0.140 e. The van der Waals surface area contributed by atoms with Crippen LogP contribution in [0, 0.1) is 0 Å². The van der Waals surface area contributed by atoms with Gasteiger partial charge in [-0.3, -0.25) is 0 Å². The van der Waals surface area contributed by atoms with Gasteiger partial charge < -0.3 is 10.2 Å². The Labute approximate surface area is 99.9 Å². The van der Waals surface area contributed by atoms with E-state index in [0.717, 1.165) is 37.7 Å². The van der Waals surface area contributed by atoms with E-state index < -0.39 is 5.60 Å².